The number of anilines is 2. The molecular formula is C15H27N5. The van der Waals surface area contributed by atoms with E-state index in [2.05, 4.69) is 52.8 Å². The average Bonchev–Trinajstić information content (AvgIpc) is 2.46. The topological polar surface area (TPSA) is 44.3 Å². The van der Waals surface area contributed by atoms with Crippen LogP contribution in [0.5, 0.6) is 0 Å². The number of rotatable bonds is 3. The van der Waals surface area contributed by atoms with Gasteiger partial charge in [-0.15, -0.1) is 0 Å². The van der Waals surface area contributed by atoms with Crippen LogP contribution in [0.2, 0.25) is 0 Å². The fourth-order valence-corrected chi connectivity index (χ4v) is 2.54. The van der Waals surface area contributed by atoms with Gasteiger partial charge in [-0.2, -0.15) is 0 Å². The van der Waals surface area contributed by atoms with Crippen LogP contribution in [0.25, 0.3) is 0 Å². The number of hydrogen-bond donors (Lipinski definition) is 1. The Morgan fingerprint density at radius 2 is 1.80 bits per heavy atom. The van der Waals surface area contributed by atoms with E-state index in [1.807, 2.05) is 13.1 Å². The smallest absolute Gasteiger partial charge is 0.134 e. The van der Waals surface area contributed by atoms with Gasteiger partial charge in [0, 0.05) is 51.3 Å². The highest BCUT2D eigenvalue weighted by molar-refractivity contribution is 5.49. The fraction of sp³-hybridized carbons (Fsp3) is 0.733. The van der Waals surface area contributed by atoms with Crippen LogP contribution in [0.15, 0.2) is 6.07 Å². The maximum atomic E-state index is 4.67. The molecule has 0 unspecified atom stereocenters. The molecular weight excluding hydrogens is 250 g/mol. The maximum Gasteiger partial charge on any atom is 0.134 e. The van der Waals surface area contributed by atoms with Gasteiger partial charge >= 0.3 is 0 Å². The summed E-state index contributed by atoms with van der Waals surface area (Å²) in [6, 6.07) is 2.05. The van der Waals surface area contributed by atoms with Gasteiger partial charge in [-0.3, -0.25) is 4.90 Å². The largest absolute Gasteiger partial charge is 0.373 e. The first-order valence-electron chi connectivity index (χ1n) is 7.49. The number of aryl methyl sites for hydroxylation is 1. The van der Waals surface area contributed by atoms with Crippen LogP contribution in [-0.2, 0) is 6.42 Å². The fourth-order valence-electron chi connectivity index (χ4n) is 2.54. The molecule has 1 aromatic rings. The van der Waals surface area contributed by atoms with Gasteiger partial charge in [0.1, 0.15) is 17.5 Å². The number of hydrogen-bond acceptors (Lipinski definition) is 5. The van der Waals surface area contributed by atoms with Crippen LogP contribution in [0.1, 0.15) is 33.5 Å². The van der Waals surface area contributed by atoms with Gasteiger partial charge in [0.2, 0.25) is 0 Å². The predicted octanol–water partition coefficient (Wildman–Crippen LogP) is 2.00. The van der Waals surface area contributed by atoms with Gasteiger partial charge in [0.05, 0.1) is 0 Å². The Hall–Kier alpha value is -1.36. The van der Waals surface area contributed by atoms with Gasteiger partial charge in [-0.05, 0) is 20.8 Å². The minimum atomic E-state index is 0.252. The Bertz CT molecular complexity index is 422. The van der Waals surface area contributed by atoms with E-state index >= 15 is 0 Å². The first-order chi connectivity index (χ1) is 9.44. The summed E-state index contributed by atoms with van der Waals surface area (Å²) in [5.41, 5.74) is 0.252. The highest BCUT2D eigenvalue weighted by Crippen LogP contribution is 2.21. The van der Waals surface area contributed by atoms with Crippen molar-refractivity contribution < 1.29 is 0 Å². The Morgan fingerprint density at radius 1 is 1.15 bits per heavy atom. The number of nitrogens with zero attached hydrogens (tertiary/aromatic N) is 4. The molecule has 0 bridgehead atoms. The molecule has 5 nitrogen and oxygen atoms in total. The van der Waals surface area contributed by atoms with Gasteiger partial charge in [0.15, 0.2) is 0 Å². The van der Waals surface area contributed by atoms with E-state index in [1.165, 1.54) is 0 Å². The first-order valence-corrected chi connectivity index (χ1v) is 7.49. The quantitative estimate of drug-likeness (QED) is 0.915. The van der Waals surface area contributed by atoms with Crippen molar-refractivity contribution in [1.82, 2.24) is 14.9 Å². The molecule has 0 spiro atoms. The molecule has 0 saturated carbocycles. The lowest BCUT2D eigenvalue weighted by Gasteiger charge is -2.42. The van der Waals surface area contributed by atoms with E-state index < -0.39 is 0 Å². The normalized spacial score (nSPS) is 17.4. The summed E-state index contributed by atoms with van der Waals surface area (Å²) in [5.74, 6) is 2.87. The van der Waals surface area contributed by atoms with Crippen LogP contribution >= 0.6 is 0 Å². The standard InChI is InChI=1S/C15H27N5/c1-6-12-17-13(16-5)11-14(18-12)19-7-9-20(10-8-19)15(2,3)4/h11H,6-10H2,1-5H3,(H,16,17,18). The van der Waals surface area contributed by atoms with Crippen molar-refractivity contribution in [3.05, 3.63) is 11.9 Å². The van der Waals surface area contributed by atoms with Gasteiger partial charge < -0.3 is 10.2 Å². The number of aromatic nitrogens is 2. The third-order valence-electron chi connectivity index (χ3n) is 3.88. The minimum absolute atomic E-state index is 0.252. The van der Waals surface area contributed by atoms with E-state index in [4.69, 9.17) is 0 Å². The summed E-state index contributed by atoms with van der Waals surface area (Å²) < 4.78 is 0. The average molecular weight is 277 g/mol. The van der Waals surface area contributed by atoms with Gasteiger partial charge in [-0.1, -0.05) is 6.92 Å². The summed E-state index contributed by atoms with van der Waals surface area (Å²) in [6.45, 7) is 13.2. The molecule has 0 radical (unpaired) electrons. The summed E-state index contributed by atoms with van der Waals surface area (Å²) in [6.07, 6.45) is 0.866. The third kappa shape index (κ3) is 3.39. The molecule has 0 amide bonds. The molecule has 1 saturated heterocycles. The molecule has 0 aliphatic carbocycles. The highest BCUT2D eigenvalue weighted by atomic mass is 15.3. The second kappa shape index (κ2) is 5.95. The van der Waals surface area contributed by atoms with Gasteiger partial charge in [-0.25, -0.2) is 9.97 Å². The van der Waals surface area contributed by atoms with Crippen molar-refractivity contribution in [2.24, 2.45) is 0 Å². The monoisotopic (exact) mass is 277 g/mol. The second-order valence-electron chi connectivity index (χ2n) is 6.28. The molecule has 1 aliphatic heterocycles. The van der Waals surface area contributed by atoms with E-state index in [-0.39, 0.29) is 5.54 Å². The molecule has 112 valence electrons. The van der Waals surface area contributed by atoms with Crippen molar-refractivity contribution in [3.8, 4) is 0 Å². The van der Waals surface area contributed by atoms with E-state index in [0.29, 0.717) is 0 Å². The minimum Gasteiger partial charge on any atom is -0.373 e. The SMILES string of the molecule is CCc1nc(NC)cc(N2CCN(C(C)(C)C)CC2)n1. The van der Waals surface area contributed by atoms with Crippen molar-refractivity contribution >= 4 is 11.6 Å². The zero-order valence-electron chi connectivity index (χ0n) is 13.4. The first kappa shape index (κ1) is 15.0. The molecule has 1 aliphatic rings. The summed E-state index contributed by atoms with van der Waals surface area (Å²) in [4.78, 5) is 14.0. The van der Waals surface area contributed by atoms with Crippen LogP contribution < -0.4 is 10.2 Å². The van der Waals surface area contributed by atoms with Crippen LogP contribution in [0, 0.1) is 0 Å². The van der Waals surface area contributed by atoms with Crippen molar-refractivity contribution in [2.45, 2.75) is 39.7 Å². The molecule has 2 rings (SSSR count). The van der Waals surface area contributed by atoms with Crippen molar-refractivity contribution in [2.75, 3.05) is 43.4 Å². The Balaban J connectivity index is 2.10. The zero-order valence-corrected chi connectivity index (χ0v) is 13.4. The van der Waals surface area contributed by atoms with Crippen LogP contribution in [0.3, 0.4) is 0 Å². The molecule has 2 heterocycles. The molecule has 5 heteroatoms. The number of nitrogens with one attached hydrogen (secondary N) is 1. The van der Waals surface area contributed by atoms with E-state index in [0.717, 1.165) is 50.1 Å². The Kier molecular flexibility index (Phi) is 4.48. The lowest BCUT2D eigenvalue weighted by Crippen LogP contribution is -2.53. The van der Waals surface area contributed by atoms with E-state index in [1.54, 1.807) is 0 Å². The molecule has 20 heavy (non-hydrogen) atoms. The Labute approximate surface area is 122 Å². The van der Waals surface area contributed by atoms with Crippen LogP contribution in [0.4, 0.5) is 11.6 Å². The molecule has 1 aromatic heterocycles. The summed E-state index contributed by atoms with van der Waals surface area (Å²) in [5, 5.41) is 3.13. The molecule has 0 aromatic carbocycles. The molecule has 1 N–H and O–H groups in total. The van der Waals surface area contributed by atoms with E-state index in [9.17, 15) is 0 Å². The van der Waals surface area contributed by atoms with Gasteiger partial charge in [0.25, 0.3) is 0 Å². The summed E-state index contributed by atoms with van der Waals surface area (Å²) in [7, 11) is 1.91. The number of piperazine rings is 1. The predicted molar refractivity (Wildman–Crippen MR) is 84.5 cm³/mol. The third-order valence-corrected chi connectivity index (χ3v) is 3.88. The summed E-state index contributed by atoms with van der Waals surface area (Å²) >= 11 is 0. The van der Waals surface area contributed by atoms with Crippen LogP contribution in [-0.4, -0.2) is 53.6 Å². The zero-order chi connectivity index (χ0) is 14.8. The lowest BCUT2D eigenvalue weighted by molar-refractivity contribution is 0.128. The maximum absolute atomic E-state index is 4.67. The molecule has 1 fully saturated rings. The van der Waals surface area contributed by atoms with Crippen molar-refractivity contribution in [1.29, 1.82) is 0 Å². The Morgan fingerprint density at radius 3 is 2.30 bits per heavy atom. The van der Waals surface area contributed by atoms with Crippen molar-refractivity contribution in [3.63, 3.8) is 0 Å². The molecule has 0 atom stereocenters. The second-order valence-corrected chi connectivity index (χ2v) is 6.28. The highest BCUT2D eigenvalue weighted by Gasteiger charge is 2.26. The lowest BCUT2D eigenvalue weighted by atomic mass is 10.1.